The van der Waals surface area contributed by atoms with Gasteiger partial charge in [-0.3, -0.25) is 0 Å². The largest absolute Gasteiger partial charge is 0.477 e. The van der Waals surface area contributed by atoms with Crippen LogP contribution in [0.15, 0.2) is 11.4 Å². The highest BCUT2D eigenvalue weighted by atomic mass is 32.1. The molecule has 0 bridgehead atoms. The molecule has 5 heteroatoms. The average Bonchev–Trinajstić information content (AvgIpc) is 2.51. The van der Waals surface area contributed by atoms with Gasteiger partial charge < -0.3 is 15.9 Å². The summed E-state index contributed by atoms with van der Waals surface area (Å²) in [5, 5.41) is 18.9. The lowest BCUT2D eigenvalue weighted by Gasteiger charge is -2.02. The summed E-state index contributed by atoms with van der Waals surface area (Å²) < 4.78 is 0. The van der Waals surface area contributed by atoms with Crippen molar-refractivity contribution in [3.05, 3.63) is 21.9 Å². The molecule has 0 aromatic carbocycles. The number of aromatic carboxylic acids is 1. The van der Waals surface area contributed by atoms with Crippen molar-refractivity contribution in [2.45, 2.75) is 6.04 Å². The summed E-state index contributed by atoms with van der Waals surface area (Å²) in [5.41, 5.74) is 6.14. The van der Waals surface area contributed by atoms with E-state index in [1.807, 2.05) is 0 Å². The van der Waals surface area contributed by atoms with Crippen LogP contribution in [0.3, 0.4) is 0 Å². The van der Waals surface area contributed by atoms with Gasteiger partial charge in [0.05, 0.1) is 12.6 Å². The molecule has 0 aliphatic heterocycles. The molecule has 1 heterocycles. The lowest BCUT2D eigenvalue weighted by molar-refractivity contribution is 0.0702. The second-order valence-corrected chi connectivity index (χ2v) is 3.25. The molecule has 0 fully saturated rings. The van der Waals surface area contributed by atoms with Crippen molar-refractivity contribution in [2.24, 2.45) is 5.73 Å². The third-order valence-electron chi connectivity index (χ3n) is 1.46. The first-order valence-electron chi connectivity index (χ1n) is 3.33. The highest BCUT2D eigenvalue weighted by molar-refractivity contribution is 7.12. The van der Waals surface area contributed by atoms with E-state index in [-0.39, 0.29) is 11.5 Å². The van der Waals surface area contributed by atoms with Crippen LogP contribution in [-0.4, -0.2) is 22.8 Å². The van der Waals surface area contributed by atoms with E-state index in [0.29, 0.717) is 5.56 Å². The molecule has 0 saturated carbocycles. The summed E-state index contributed by atoms with van der Waals surface area (Å²) in [6, 6.07) is 1.00. The first kappa shape index (κ1) is 9.18. The Labute approximate surface area is 73.3 Å². The quantitative estimate of drug-likeness (QED) is 0.641. The predicted molar refractivity (Wildman–Crippen MR) is 45.3 cm³/mol. The molecule has 0 aliphatic rings. The van der Waals surface area contributed by atoms with Crippen molar-refractivity contribution < 1.29 is 15.0 Å². The number of carbonyl (C=O) groups is 1. The Hall–Kier alpha value is -0.910. The molecule has 12 heavy (non-hydrogen) atoms. The van der Waals surface area contributed by atoms with Gasteiger partial charge in [0.15, 0.2) is 0 Å². The van der Waals surface area contributed by atoms with Crippen LogP contribution in [0.5, 0.6) is 0 Å². The van der Waals surface area contributed by atoms with Crippen molar-refractivity contribution >= 4 is 17.3 Å². The number of carboxylic acid groups (broad SMARTS) is 1. The number of aliphatic hydroxyl groups excluding tert-OH is 1. The number of carboxylic acids is 1. The van der Waals surface area contributed by atoms with Crippen LogP contribution < -0.4 is 5.73 Å². The molecular formula is C7H9NO3S. The normalized spacial score (nSPS) is 12.8. The minimum absolute atomic E-state index is 0.171. The van der Waals surface area contributed by atoms with Gasteiger partial charge in [0, 0.05) is 0 Å². The van der Waals surface area contributed by atoms with E-state index in [1.54, 1.807) is 5.38 Å². The van der Waals surface area contributed by atoms with E-state index < -0.39 is 12.0 Å². The first-order valence-corrected chi connectivity index (χ1v) is 4.21. The van der Waals surface area contributed by atoms with Gasteiger partial charge in [-0.2, -0.15) is 0 Å². The Balaban J connectivity index is 2.84. The van der Waals surface area contributed by atoms with Gasteiger partial charge in [-0.15, -0.1) is 11.3 Å². The SMILES string of the molecule is NC(CO)c1csc(C(=O)O)c1. The maximum atomic E-state index is 10.4. The van der Waals surface area contributed by atoms with Crippen LogP contribution in [-0.2, 0) is 0 Å². The van der Waals surface area contributed by atoms with Gasteiger partial charge in [0.1, 0.15) is 4.88 Å². The molecule has 1 aromatic heterocycles. The highest BCUT2D eigenvalue weighted by Gasteiger charge is 2.10. The maximum Gasteiger partial charge on any atom is 0.345 e. The molecule has 0 radical (unpaired) electrons. The molecule has 66 valence electrons. The van der Waals surface area contributed by atoms with Crippen molar-refractivity contribution in [2.75, 3.05) is 6.61 Å². The van der Waals surface area contributed by atoms with E-state index in [2.05, 4.69) is 0 Å². The zero-order valence-electron chi connectivity index (χ0n) is 6.23. The molecule has 1 aromatic rings. The van der Waals surface area contributed by atoms with Crippen LogP contribution in [0, 0.1) is 0 Å². The van der Waals surface area contributed by atoms with Crippen LogP contribution in [0.25, 0.3) is 0 Å². The van der Waals surface area contributed by atoms with E-state index >= 15 is 0 Å². The van der Waals surface area contributed by atoms with Crippen LogP contribution in [0.4, 0.5) is 0 Å². The summed E-state index contributed by atoms with van der Waals surface area (Å²) in [5.74, 6) is -0.962. The fourth-order valence-electron chi connectivity index (χ4n) is 0.763. The summed E-state index contributed by atoms with van der Waals surface area (Å²) in [7, 11) is 0. The number of rotatable bonds is 3. The van der Waals surface area contributed by atoms with E-state index in [0.717, 1.165) is 11.3 Å². The molecule has 0 saturated heterocycles. The molecule has 0 aliphatic carbocycles. The highest BCUT2D eigenvalue weighted by Crippen LogP contribution is 2.19. The number of hydrogen-bond acceptors (Lipinski definition) is 4. The Kier molecular flexibility index (Phi) is 2.80. The summed E-state index contributed by atoms with van der Waals surface area (Å²) >= 11 is 1.11. The fraction of sp³-hybridized carbons (Fsp3) is 0.286. The van der Waals surface area contributed by atoms with Crippen molar-refractivity contribution in [3.8, 4) is 0 Å². The maximum absolute atomic E-state index is 10.4. The number of hydrogen-bond donors (Lipinski definition) is 3. The Bertz CT molecular complexity index is 284. The van der Waals surface area contributed by atoms with E-state index in [1.165, 1.54) is 6.07 Å². The van der Waals surface area contributed by atoms with Gasteiger partial charge in [0.2, 0.25) is 0 Å². The Morgan fingerprint density at radius 3 is 2.83 bits per heavy atom. The Morgan fingerprint density at radius 2 is 2.42 bits per heavy atom. The van der Waals surface area contributed by atoms with Gasteiger partial charge in [-0.05, 0) is 17.0 Å². The zero-order chi connectivity index (χ0) is 9.14. The molecule has 1 rings (SSSR count). The molecule has 1 unspecified atom stereocenters. The first-order chi connectivity index (χ1) is 5.65. The summed E-state index contributed by atoms with van der Waals surface area (Å²) in [6.07, 6.45) is 0. The number of nitrogens with two attached hydrogens (primary N) is 1. The molecule has 1 atom stereocenters. The second-order valence-electron chi connectivity index (χ2n) is 2.34. The smallest absolute Gasteiger partial charge is 0.345 e. The van der Waals surface area contributed by atoms with Crippen LogP contribution in [0.2, 0.25) is 0 Å². The minimum atomic E-state index is -0.962. The lowest BCUT2D eigenvalue weighted by atomic mass is 10.2. The number of aliphatic hydroxyl groups is 1. The minimum Gasteiger partial charge on any atom is -0.477 e. The fourth-order valence-corrected chi connectivity index (χ4v) is 1.57. The molecule has 0 spiro atoms. The number of thiophene rings is 1. The Morgan fingerprint density at radius 1 is 1.75 bits per heavy atom. The third-order valence-corrected chi connectivity index (χ3v) is 2.39. The van der Waals surface area contributed by atoms with Crippen molar-refractivity contribution in [1.29, 1.82) is 0 Å². The van der Waals surface area contributed by atoms with Crippen LogP contribution in [0.1, 0.15) is 21.3 Å². The van der Waals surface area contributed by atoms with Gasteiger partial charge in [-0.1, -0.05) is 0 Å². The molecule has 4 N–H and O–H groups in total. The summed E-state index contributed by atoms with van der Waals surface area (Å²) in [4.78, 5) is 10.7. The standard InChI is InChI=1S/C7H9NO3S/c8-5(2-9)4-1-6(7(10)11)12-3-4/h1,3,5,9H,2,8H2,(H,10,11). The zero-order valence-corrected chi connectivity index (χ0v) is 7.04. The molecular weight excluding hydrogens is 178 g/mol. The van der Waals surface area contributed by atoms with Crippen LogP contribution >= 0.6 is 11.3 Å². The average molecular weight is 187 g/mol. The summed E-state index contributed by atoms with van der Waals surface area (Å²) in [6.45, 7) is -0.171. The van der Waals surface area contributed by atoms with Gasteiger partial charge >= 0.3 is 5.97 Å². The predicted octanol–water partition coefficient (Wildman–Crippen LogP) is 0.438. The van der Waals surface area contributed by atoms with Gasteiger partial charge in [0.25, 0.3) is 0 Å². The second kappa shape index (κ2) is 3.66. The molecule has 0 amide bonds. The topological polar surface area (TPSA) is 83.5 Å². The molecule has 4 nitrogen and oxygen atoms in total. The lowest BCUT2D eigenvalue weighted by Crippen LogP contribution is -2.13. The monoisotopic (exact) mass is 187 g/mol. The van der Waals surface area contributed by atoms with Crippen molar-refractivity contribution in [3.63, 3.8) is 0 Å². The van der Waals surface area contributed by atoms with E-state index in [9.17, 15) is 4.79 Å². The van der Waals surface area contributed by atoms with Crippen molar-refractivity contribution in [1.82, 2.24) is 0 Å². The third kappa shape index (κ3) is 1.82. The van der Waals surface area contributed by atoms with E-state index in [4.69, 9.17) is 15.9 Å². The van der Waals surface area contributed by atoms with Gasteiger partial charge in [-0.25, -0.2) is 4.79 Å².